The lowest BCUT2D eigenvalue weighted by Gasteiger charge is -2.13. The predicted octanol–water partition coefficient (Wildman–Crippen LogP) is 5.20. The van der Waals surface area contributed by atoms with Crippen LogP contribution in [0, 0.1) is 11.6 Å². The Morgan fingerprint density at radius 2 is 1.67 bits per heavy atom. The fourth-order valence-corrected chi connectivity index (χ4v) is 4.06. The first kappa shape index (κ1) is 22.5. The smallest absolute Gasteiger partial charge is 0.196 e. The van der Waals surface area contributed by atoms with E-state index >= 15 is 0 Å². The van der Waals surface area contributed by atoms with E-state index in [1.54, 1.807) is 30.9 Å². The lowest BCUT2D eigenvalue weighted by molar-refractivity contribution is 0.102. The number of carbonyl (C=O) groups is 1. The SMILES string of the molecule is COc1ccc(-n2c(SCC(=O)c3ccc(F)c(F)c3)nnc2-c2ccccc2)cc1OC. The van der Waals surface area contributed by atoms with E-state index in [9.17, 15) is 13.6 Å². The van der Waals surface area contributed by atoms with Crippen molar-refractivity contribution in [3.8, 4) is 28.6 Å². The molecule has 0 saturated heterocycles. The second-order valence-electron chi connectivity index (χ2n) is 6.89. The molecule has 0 spiro atoms. The monoisotopic (exact) mass is 467 g/mol. The number of ether oxygens (including phenoxy) is 2. The second-order valence-corrected chi connectivity index (χ2v) is 7.83. The Morgan fingerprint density at radius 3 is 2.36 bits per heavy atom. The standard InChI is InChI=1S/C24H19F2N3O3S/c1-31-21-11-9-17(13-22(21)32-2)29-23(15-6-4-3-5-7-15)27-28-24(29)33-14-20(30)16-8-10-18(25)19(26)12-16/h3-13H,14H2,1-2H3. The Bertz CT molecular complexity index is 1300. The third kappa shape index (κ3) is 4.73. The van der Waals surface area contributed by atoms with Crippen LogP contribution in [0.5, 0.6) is 11.5 Å². The zero-order valence-electron chi connectivity index (χ0n) is 17.8. The lowest BCUT2D eigenvalue weighted by atomic mass is 10.1. The zero-order valence-corrected chi connectivity index (χ0v) is 18.6. The van der Waals surface area contributed by atoms with Crippen molar-refractivity contribution in [1.82, 2.24) is 14.8 Å². The van der Waals surface area contributed by atoms with Crippen LogP contribution in [0.25, 0.3) is 17.1 Å². The van der Waals surface area contributed by atoms with Crippen molar-refractivity contribution in [2.75, 3.05) is 20.0 Å². The van der Waals surface area contributed by atoms with Crippen molar-refractivity contribution in [1.29, 1.82) is 0 Å². The summed E-state index contributed by atoms with van der Waals surface area (Å²) in [5.41, 5.74) is 1.62. The summed E-state index contributed by atoms with van der Waals surface area (Å²) >= 11 is 1.15. The van der Waals surface area contributed by atoms with Gasteiger partial charge in [0.1, 0.15) is 0 Å². The van der Waals surface area contributed by atoms with Crippen molar-refractivity contribution >= 4 is 17.5 Å². The van der Waals surface area contributed by atoms with Gasteiger partial charge in [-0.2, -0.15) is 0 Å². The molecule has 0 unspecified atom stereocenters. The molecule has 4 aromatic rings. The first-order chi connectivity index (χ1) is 16.0. The third-order valence-electron chi connectivity index (χ3n) is 4.86. The quantitative estimate of drug-likeness (QED) is 0.262. The number of aromatic nitrogens is 3. The first-order valence-corrected chi connectivity index (χ1v) is 10.8. The summed E-state index contributed by atoms with van der Waals surface area (Å²) in [7, 11) is 3.10. The number of nitrogens with zero attached hydrogens (tertiary/aromatic N) is 3. The first-order valence-electron chi connectivity index (χ1n) is 9.86. The Hall–Kier alpha value is -3.72. The van der Waals surface area contributed by atoms with Crippen LogP contribution in [0.3, 0.4) is 0 Å². The Morgan fingerprint density at radius 1 is 0.909 bits per heavy atom. The average molecular weight is 467 g/mol. The number of methoxy groups -OCH3 is 2. The van der Waals surface area contributed by atoms with Gasteiger partial charge in [0.2, 0.25) is 0 Å². The molecule has 168 valence electrons. The lowest BCUT2D eigenvalue weighted by Crippen LogP contribution is -2.06. The van der Waals surface area contributed by atoms with Crippen molar-refractivity contribution in [3.05, 3.63) is 83.9 Å². The number of hydrogen-bond donors (Lipinski definition) is 0. The predicted molar refractivity (Wildman–Crippen MR) is 121 cm³/mol. The molecule has 3 aromatic carbocycles. The van der Waals surface area contributed by atoms with E-state index in [2.05, 4.69) is 10.2 Å². The number of carbonyl (C=O) groups excluding carboxylic acids is 1. The van der Waals surface area contributed by atoms with E-state index < -0.39 is 11.6 Å². The molecule has 0 fully saturated rings. The fourth-order valence-electron chi connectivity index (χ4n) is 3.22. The number of rotatable bonds is 8. The van der Waals surface area contributed by atoms with Crippen LogP contribution in [0.4, 0.5) is 8.78 Å². The molecule has 9 heteroatoms. The van der Waals surface area contributed by atoms with Gasteiger partial charge in [0.05, 0.1) is 25.7 Å². The van der Waals surface area contributed by atoms with Crippen LogP contribution in [-0.2, 0) is 0 Å². The molecule has 1 heterocycles. The van der Waals surface area contributed by atoms with Gasteiger partial charge in [0.25, 0.3) is 0 Å². The summed E-state index contributed by atoms with van der Waals surface area (Å²) in [6, 6.07) is 18.0. The minimum atomic E-state index is -1.06. The Balaban J connectivity index is 1.71. The molecule has 0 atom stereocenters. The Kier molecular flexibility index (Phi) is 6.69. The van der Waals surface area contributed by atoms with Crippen LogP contribution >= 0.6 is 11.8 Å². The molecule has 33 heavy (non-hydrogen) atoms. The summed E-state index contributed by atoms with van der Waals surface area (Å²) in [6.45, 7) is 0. The normalized spacial score (nSPS) is 10.8. The van der Waals surface area contributed by atoms with E-state index in [0.29, 0.717) is 28.2 Å². The topological polar surface area (TPSA) is 66.2 Å². The maximum atomic E-state index is 13.5. The fraction of sp³-hybridized carbons (Fsp3) is 0.125. The minimum absolute atomic E-state index is 0.0364. The molecule has 0 aliphatic carbocycles. The molecule has 6 nitrogen and oxygen atoms in total. The van der Waals surface area contributed by atoms with Gasteiger partial charge in [0, 0.05) is 17.2 Å². The molecule has 0 amide bonds. The highest BCUT2D eigenvalue weighted by Crippen LogP contribution is 2.33. The van der Waals surface area contributed by atoms with Crippen LogP contribution in [0.15, 0.2) is 71.9 Å². The summed E-state index contributed by atoms with van der Waals surface area (Å²) in [6.07, 6.45) is 0. The maximum Gasteiger partial charge on any atom is 0.196 e. The van der Waals surface area contributed by atoms with Crippen molar-refractivity contribution in [2.24, 2.45) is 0 Å². The summed E-state index contributed by atoms with van der Waals surface area (Å²) < 4.78 is 39.3. The molecular weight excluding hydrogens is 448 g/mol. The highest BCUT2D eigenvalue weighted by atomic mass is 32.2. The van der Waals surface area contributed by atoms with Crippen LogP contribution in [-0.4, -0.2) is 40.5 Å². The van der Waals surface area contributed by atoms with Gasteiger partial charge in [-0.25, -0.2) is 8.78 Å². The van der Waals surface area contributed by atoms with Crippen LogP contribution < -0.4 is 9.47 Å². The van der Waals surface area contributed by atoms with Crippen LogP contribution in [0.2, 0.25) is 0 Å². The molecule has 0 N–H and O–H groups in total. The number of hydrogen-bond acceptors (Lipinski definition) is 6. The van der Waals surface area contributed by atoms with Gasteiger partial charge in [-0.1, -0.05) is 42.1 Å². The van der Waals surface area contributed by atoms with Crippen molar-refractivity contribution in [2.45, 2.75) is 5.16 Å². The Labute approximate surface area is 193 Å². The van der Waals surface area contributed by atoms with E-state index in [4.69, 9.17) is 9.47 Å². The molecule has 0 bridgehead atoms. The maximum absolute atomic E-state index is 13.5. The zero-order chi connectivity index (χ0) is 23.4. The number of ketones is 1. The summed E-state index contributed by atoms with van der Waals surface area (Å²) in [5.74, 6) is -0.793. The summed E-state index contributed by atoms with van der Waals surface area (Å²) in [5, 5.41) is 9.07. The average Bonchev–Trinajstić information content (AvgIpc) is 3.28. The molecule has 0 saturated carbocycles. The molecule has 0 aliphatic rings. The van der Waals surface area contributed by atoms with Gasteiger partial charge in [-0.05, 0) is 30.3 Å². The molecule has 0 radical (unpaired) electrons. The molecule has 4 rings (SSSR count). The van der Waals surface area contributed by atoms with Gasteiger partial charge < -0.3 is 9.47 Å². The van der Waals surface area contributed by atoms with E-state index in [0.717, 1.165) is 29.5 Å². The van der Waals surface area contributed by atoms with E-state index in [1.165, 1.54) is 6.07 Å². The van der Waals surface area contributed by atoms with E-state index in [1.807, 2.05) is 36.4 Å². The van der Waals surface area contributed by atoms with Crippen LogP contribution in [0.1, 0.15) is 10.4 Å². The van der Waals surface area contributed by atoms with Gasteiger partial charge in [0.15, 0.2) is 39.9 Å². The van der Waals surface area contributed by atoms with Gasteiger partial charge >= 0.3 is 0 Å². The van der Waals surface area contributed by atoms with Gasteiger partial charge in [-0.3, -0.25) is 9.36 Å². The van der Waals surface area contributed by atoms with Crippen molar-refractivity contribution < 1.29 is 23.0 Å². The van der Waals surface area contributed by atoms with Gasteiger partial charge in [-0.15, -0.1) is 10.2 Å². The molecular formula is C24H19F2N3O3S. The number of halogens is 2. The third-order valence-corrected chi connectivity index (χ3v) is 5.79. The molecule has 1 aromatic heterocycles. The van der Waals surface area contributed by atoms with Crippen molar-refractivity contribution in [3.63, 3.8) is 0 Å². The minimum Gasteiger partial charge on any atom is -0.493 e. The number of benzene rings is 3. The number of thioether (sulfide) groups is 1. The van der Waals surface area contributed by atoms with E-state index in [-0.39, 0.29) is 17.1 Å². The second kappa shape index (κ2) is 9.83. The number of Topliss-reactive ketones (excluding diaryl/α,β-unsaturated/α-hetero) is 1. The summed E-state index contributed by atoms with van der Waals surface area (Å²) in [4.78, 5) is 12.6. The highest BCUT2D eigenvalue weighted by molar-refractivity contribution is 7.99. The molecule has 0 aliphatic heterocycles. The largest absolute Gasteiger partial charge is 0.493 e. The highest BCUT2D eigenvalue weighted by Gasteiger charge is 2.19.